The molecule has 0 saturated carbocycles. The third-order valence-electron chi connectivity index (χ3n) is 1.58. The van der Waals surface area contributed by atoms with Gasteiger partial charge in [-0.3, -0.25) is 4.40 Å². The summed E-state index contributed by atoms with van der Waals surface area (Å²) in [7, 11) is 0. The molecule has 0 atom stereocenters. The summed E-state index contributed by atoms with van der Waals surface area (Å²) in [5.74, 6) is -0.659. The number of aromatic nitrogens is 3. The van der Waals surface area contributed by atoms with Gasteiger partial charge in [0.2, 0.25) is 5.78 Å². The van der Waals surface area contributed by atoms with E-state index >= 15 is 0 Å². The largest absolute Gasteiger partial charge is 0.477 e. The molecule has 0 aliphatic rings. The fourth-order valence-electron chi connectivity index (χ4n) is 1.03. The standard InChI is InChI=1S/C7H4BrN3O2/c8-5-1-2-9-7-10-3-4(6(12)13)11(5)7/h1-3H,(H,12,13). The smallest absolute Gasteiger partial charge is 0.354 e. The Morgan fingerprint density at radius 2 is 2.31 bits per heavy atom. The highest BCUT2D eigenvalue weighted by atomic mass is 79.9. The van der Waals surface area contributed by atoms with Crippen molar-refractivity contribution < 1.29 is 9.90 Å². The topological polar surface area (TPSA) is 67.5 Å². The van der Waals surface area contributed by atoms with E-state index in [4.69, 9.17) is 5.11 Å². The van der Waals surface area contributed by atoms with Crippen molar-refractivity contribution in [3.05, 3.63) is 28.8 Å². The van der Waals surface area contributed by atoms with Crippen LogP contribution in [0.3, 0.4) is 0 Å². The van der Waals surface area contributed by atoms with Crippen molar-refractivity contribution in [1.82, 2.24) is 14.4 Å². The second-order valence-corrected chi connectivity index (χ2v) is 3.16. The molecular formula is C7H4BrN3O2. The SMILES string of the molecule is O=C(O)c1cnc2nccc(Br)n12. The van der Waals surface area contributed by atoms with Crippen molar-refractivity contribution in [3.63, 3.8) is 0 Å². The summed E-state index contributed by atoms with van der Waals surface area (Å²) in [5, 5.41) is 8.79. The van der Waals surface area contributed by atoms with Crippen LogP contribution >= 0.6 is 15.9 Å². The number of carboxylic acids is 1. The zero-order valence-corrected chi connectivity index (χ0v) is 7.89. The first-order valence-corrected chi connectivity index (χ1v) is 4.20. The zero-order chi connectivity index (χ0) is 9.42. The Bertz CT molecular complexity index is 480. The summed E-state index contributed by atoms with van der Waals surface area (Å²) < 4.78 is 2.04. The van der Waals surface area contributed by atoms with Gasteiger partial charge >= 0.3 is 5.97 Å². The molecule has 1 N–H and O–H groups in total. The molecule has 0 spiro atoms. The maximum Gasteiger partial charge on any atom is 0.354 e. The Kier molecular flexibility index (Phi) is 1.77. The van der Waals surface area contributed by atoms with Gasteiger partial charge in [0.1, 0.15) is 0 Å². The van der Waals surface area contributed by atoms with Crippen LogP contribution in [0.15, 0.2) is 23.1 Å². The van der Waals surface area contributed by atoms with Gasteiger partial charge in [-0.2, -0.15) is 0 Å². The van der Waals surface area contributed by atoms with Gasteiger partial charge in [-0.1, -0.05) is 0 Å². The van der Waals surface area contributed by atoms with E-state index in [2.05, 4.69) is 25.9 Å². The fraction of sp³-hybridized carbons (Fsp3) is 0. The molecule has 5 nitrogen and oxygen atoms in total. The van der Waals surface area contributed by atoms with Crippen LogP contribution in [0.5, 0.6) is 0 Å². The first-order chi connectivity index (χ1) is 6.20. The average molecular weight is 242 g/mol. The van der Waals surface area contributed by atoms with Gasteiger partial charge in [-0.15, -0.1) is 0 Å². The number of hydrogen-bond donors (Lipinski definition) is 1. The van der Waals surface area contributed by atoms with E-state index in [1.54, 1.807) is 12.3 Å². The highest BCUT2D eigenvalue weighted by molar-refractivity contribution is 9.10. The third kappa shape index (κ3) is 1.19. The summed E-state index contributed by atoms with van der Waals surface area (Å²) in [5.41, 5.74) is 0.0926. The van der Waals surface area contributed by atoms with E-state index in [0.717, 1.165) is 0 Å². The zero-order valence-electron chi connectivity index (χ0n) is 6.31. The second-order valence-electron chi connectivity index (χ2n) is 2.35. The number of carboxylic acid groups (broad SMARTS) is 1. The number of hydrogen-bond acceptors (Lipinski definition) is 3. The summed E-state index contributed by atoms with van der Waals surface area (Å²) in [4.78, 5) is 18.5. The van der Waals surface area contributed by atoms with Crippen LogP contribution in [-0.2, 0) is 0 Å². The van der Waals surface area contributed by atoms with Crippen LogP contribution < -0.4 is 0 Å². The summed E-state index contributed by atoms with van der Waals surface area (Å²) >= 11 is 3.21. The van der Waals surface area contributed by atoms with E-state index in [-0.39, 0.29) is 5.69 Å². The van der Waals surface area contributed by atoms with E-state index in [1.165, 1.54) is 10.6 Å². The molecule has 2 heterocycles. The predicted octanol–water partition coefficient (Wildman–Crippen LogP) is 1.19. The van der Waals surface area contributed by atoms with E-state index < -0.39 is 5.97 Å². The van der Waals surface area contributed by atoms with Crippen molar-refractivity contribution >= 4 is 27.7 Å². The predicted molar refractivity (Wildman–Crippen MR) is 47.6 cm³/mol. The van der Waals surface area contributed by atoms with Gasteiger partial charge in [-0.25, -0.2) is 14.8 Å². The Labute approximate surface area is 81.2 Å². The van der Waals surface area contributed by atoms with Crippen molar-refractivity contribution in [2.24, 2.45) is 0 Å². The van der Waals surface area contributed by atoms with E-state index in [9.17, 15) is 4.79 Å². The molecule has 0 saturated heterocycles. The van der Waals surface area contributed by atoms with Crippen LogP contribution in [0, 0.1) is 0 Å². The number of nitrogens with zero attached hydrogens (tertiary/aromatic N) is 3. The molecule has 0 unspecified atom stereocenters. The Balaban J connectivity index is 2.86. The Morgan fingerprint density at radius 3 is 3.00 bits per heavy atom. The summed E-state index contributed by atoms with van der Waals surface area (Å²) in [6, 6.07) is 1.65. The first-order valence-electron chi connectivity index (χ1n) is 3.41. The fourth-order valence-corrected chi connectivity index (χ4v) is 1.50. The van der Waals surface area contributed by atoms with Gasteiger partial charge in [0.05, 0.1) is 10.8 Å². The number of aromatic carboxylic acids is 1. The molecule has 0 aromatic carbocycles. The van der Waals surface area contributed by atoms with Crippen molar-refractivity contribution in [2.45, 2.75) is 0 Å². The number of rotatable bonds is 1. The quantitative estimate of drug-likeness (QED) is 0.762. The van der Waals surface area contributed by atoms with Crippen molar-refractivity contribution in [2.75, 3.05) is 0 Å². The second kappa shape index (κ2) is 2.81. The van der Waals surface area contributed by atoms with Gasteiger partial charge in [0.15, 0.2) is 5.69 Å². The lowest BCUT2D eigenvalue weighted by atomic mass is 10.5. The van der Waals surface area contributed by atoms with Crippen LogP contribution in [0.2, 0.25) is 0 Å². The molecule has 2 aromatic heterocycles. The van der Waals surface area contributed by atoms with E-state index in [0.29, 0.717) is 10.4 Å². The first kappa shape index (κ1) is 8.18. The third-order valence-corrected chi connectivity index (χ3v) is 2.20. The highest BCUT2D eigenvalue weighted by Crippen LogP contribution is 2.13. The monoisotopic (exact) mass is 241 g/mol. The lowest BCUT2D eigenvalue weighted by Gasteiger charge is -1.97. The minimum absolute atomic E-state index is 0.0926. The number of fused-ring (bicyclic) bond motifs is 1. The van der Waals surface area contributed by atoms with Crippen LogP contribution in [-0.4, -0.2) is 25.4 Å². The normalized spacial score (nSPS) is 10.5. The molecule has 0 radical (unpaired) electrons. The molecule has 0 amide bonds. The molecule has 66 valence electrons. The molecule has 0 aliphatic heterocycles. The molecule has 0 bridgehead atoms. The number of carbonyl (C=O) groups is 1. The minimum Gasteiger partial charge on any atom is -0.477 e. The van der Waals surface area contributed by atoms with Gasteiger partial charge in [0, 0.05) is 6.20 Å². The summed E-state index contributed by atoms with van der Waals surface area (Å²) in [6.07, 6.45) is 2.83. The molecule has 6 heteroatoms. The minimum atomic E-state index is -1.03. The lowest BCUT2D eigenvalue weighted by molar-refractivity contribution is 0.0689. The number of imidazole rings is 1. The summed E-state index contributed by atoms with van der Waals surface area (Å²) in [6.45, 7) is 0. The molecule has 2 rings (SSSR count). The molecule has 13 heavy (non-hydrogen) atoms. The average Bonchev–Trinajstić information content (AvgIpc) is 2.49. The van der Waals surface area contributed by atoms with Crippen LogP contribution in [0.1, 0.15) is 10.5 Å². The maximum absolute atomic E-state index is 10.7. The van der Waals surface area contributed by atoms with Crippen molar-refractivity contribution in [3.8, 4) is 0 Å². The van der Waals surface area contributed by atoms with Gasteiger partial charge in [-0.05, 0) is 22.0 Å². The number of halogens is 1. The Hall–Kier alpha value is -1.43. The van der Waals surface area contributed by atoms with E-state index in [1.807, 2.05) is 0 Å². The van der Waals surface area contributed by atoms with Crippen molar-refractivity contribution in [1.29, 1.82) is 0 Å². The molecule has 2 aromatic rings. The van der Waals surface area contributed by atoms with Crippen LogP contribution in [0.4, 0.5) is 0 Å². The molecule has 0 fully saturated rings. The van der Waals surface area contributed by atoms with Gasteiger partial charge in [0.25, 0.3) is 0 Å². The molecule has 0 aliphatic carbocycles. The Morgan fingerprint density at radius 1 is 1.54 bits per heavy atom. The van der Waals surface area contributed by atoms with Gasteiger partial charge < -0.3 is 5.11 Å². The highest BCUT2D eigenvalue weighted by Gasteiger charge is 2.12. The lowest BCUT2D eigenvalue weighted by Crippen LogP contribution is -2.02. The van der Waals surface area contributed by atoms with Crippen LogP contribution in [0.25, 0.3) is 5.78 Å². The maximum atomic E-state index is 10.7. The molecular weight excluding hydrogens is 238 g/mol.